The molecule has 1 aliphatic rings. The predicted octanol–water partition coefficient (Wildman–Crippen LogP) is 1.32. The minimum absolute atomic E-state index is 0.0305. The summed E-state index contributed by atoms with van der Waals surface area (Å²) in [5, 5.41) is 21.2. The molecule has 0 spiro atoms. The lowest BCUT2D eigenvalue weighted by molar-refractivity contribution is 0.0411. The van der Waals surface area contributed by atoms with Crippen LogP contribution < -0.4 is 5.73 Å². The molecule has 2 heterocycles. The number of nitrogens with two attached hydrogens (primary N) is 1. The van der Waals surface area contributed by atoms with Crippen LogP contribution >= 0.6 is 11.8 Å². The van der Waals surface area contributed by atoms with Gasteiger partial charge in [0, 0.05) is 12.0 Å². The Balaban J connectivity index is 2.15. The number of fused-ring (bicyclic) bond motifs is 1. The molecule has 0 unspecified atom stereocenters. The zero-order chi connectivity index (χ0) is 16.9. The minimum Gasteiger partial charge on any atom is -0.396 e. The number of nitrogen functional groups attached to an aromatic ring is 1. The summed E-state index contributed by atoms with van der Waals surface area (Å²) in [6.45, 7) is 6.08. The second kappa shape index (κ2) is 5.61. The molecule has 126 valence electrons. The third-order valence-electron chi connectivity index (χ3n) is 5.73. The fourth-order valence-electron chi connectivity index (χ4n) is 3.71. The molecular formula is C15H23N5O2S. The molecular weight excluding hydrogens is 314 g/mol. The van der Waals surface area contributed by atoms with E-state index in [4.69, 9.17) is 5.73 Å². The van der Waals surface area contributed by atoms with Crippen molar-refractivity contribution in [3.8, 4) is 0 Å². The van der Waals surface area contributed by atoms with Crippen molar-refractivity contribution in [1.82, 2.24) is 19.5 Å². The first-order chi connectivity index (χ1) is 10.8. The van der Waals surface area contributed by atoms with Gasteiger partial charge in [-0.1, -0.05) is 32.5 Å². The summed E-state index contributed by atoms with van der Waals surface area (Å²) < 4.78 is 1.89. The van der Waals surface area contributed by atoms with Gasteiger partial charge in [-0.2, -0.15) is 0 Å². The molecule has 7 nitrogen and oxygen atoms in total. The topological polar surface area (TPSA) is 110 Å². The average molecular weight is 337 g/mol. The molecule has 0 aliphatic heterocycles. The van der Waals surface area contributed by atoms with Crippen molar-refractivity contribution in [2.45, 2.75) is 38.1 Å². The Kier molecular flexibility index (Phi) is 4.02. The molecule has 8 heteroatoms. The zero-order valence-corrected chi connectivity index (χ0v) is 14.6. The Hall–Kier alpha value is -1.38. The van der Waals surface area contributed by atoms with Crippen molar-refractivity contribution in [3.05, 3.63) is 6.33 Å². The summed E-state index contributed by atoms with van der Waals surface area (Å²) >= 11 is 1.41. The number of hydrogen-bond donors (Lipinski definition) is 3. The monoisotopic (exact) mass is 337 g/mol. The molecule has 4 N–H and O–H groups in total. The average Bonchev–Trinajstić information content (AvgIpc) is 3.03. The molecule has 2 aromatic rings. The number of aromatic nitrogens is 4. The predicted molar refractivity (Wildman–Crippen MR) is 90.1 cm³/mol. The van der Waals surface area contributed by atoms with E-state index in [2.05, 4.69) is 21.9 Å². The first kappa shape index (κ1) is 16.5. The normalized spacial score (nSPS) is 34.3. The number of aliphatic hydroxyl groups excluding tert-OH is 2. The summed E-state index contributed by atoms with van der Waals surface area (Å²) in [5.74, 6) is 0.365. The number of nitrogens with zero attached hydrogens (tertiary/aromatic N) is 4. The van der Waals surface area contributed by atoms with Crippen LogP contribution in [0.15, 0.2) is 11.5 Å². The van der Waals surface area contributed by atoms with Crippen LogP contribution in [0.2, 0.25) is 0 Å². The summed E-state index contributed by atoms with van der Waals surface area (Å²) in [7, 11) is 0. The van der Waals surface area contributed by atoms with Crippen molar-refractivity contribution in [1.29, 1.82) is 0 Å². The molecule has 5 atom stereocenters. The van der Waals surface area contributed by atoms with E-state index in [1.54, 1.807) is 6.33 Å². The highest BCUT2D eigenvalue weighted by Crippen LogP contribution is 2.53. The van der Waals surface area contributed by atoms with E-state index in [0.29, 0.717) is 22.1 Å². The highest BCUT2D eigenvalue weighted by molar-refractivity contribution is 7.98. The highest BCUT2D eigenvalue weighted by atomic mass is 32.2. The molecule has 23 heavy (non-hydrogen) atoms. The van der Waals surface area contributed by atoms with Crippen molar-refractivity contribution in [3.63, 3.8) is 0 Å². The standard InChI is InChI=1S/C15H23N5O2S/c1-7-10(11(22)8(2)15(7,3)5-21)20-6-17-9-12(16)18-14(23-4)19-13(9)20/h6-8,10-11,21-22H,5H2,1-4H3,(H2,16,18,19)/t7-,8+,10-,11-,15+/m1/s1. The molecule has 0 aromatic carbocycles. The molecule has 0 amide bonds. The van der Waals surface area contributed by atoms with E-state index < -0.39 is 6.10 Å². The van der Waals surface area contributed by atoms with Crippen molar-refractivity contribution >= 4 is 28.7 Å². The molecule has 2 aromatic heterocycles. The van der Waals surface area contributed by atoms with E-state index in [9.17, 15) is 10.2 Å². The Morgan fingerprint density at radius 2 is 2.04 bits per heavy atom. The third-order valence-corrected chi connectivity index (χ3v) is 6.27. The summed E-state index contributed by atoms with van der Waals surface area (Å²) in [6, 6.07) is -0.212. The number of hydrogen-bond acceptors (Lipinski definition) is 7. The van der Waals surface area contributed by atoms with E-state index in [-0.39, 0.29) is 29.9 Å². The number of rotatable bonds is 3. The van der Waals surface area contributed by atoms with E-state index in [1.807, 2.05) is 24.7 Å². The van der Waals surface area contributed by atoms with Gasteiger partial charge in [0.15, 0.2) is 16.6 Å². The Morgan fingerprint density at radius 1 is 1.35 bits per heavy atom. The summed E-state index contributed by atoms with van der Waals surface area (Å²) in [6.07, 6.45) is 2.97. The zero-order valence-electron chi connectivity index (χ0n) is 13.8. The minimum atomic E-state index is -0.589. The van der Waals surface area contributed by atoms with Gasteiger partial charge >= 0.3 is 0 Å². The number of thioether (sulfide) groups is 1. The van der Waals surface area contributed by atoms with Crippen LogP contribution in [0.25, 0.3) is 11.2 Å². The van der Waals surface area contributed by atoms with Crippen molar-refractivity contribution in [2.24, 2.45) is 17.3 Å². The number of anilines is 1. The Morgan fingerprint density at radius 3 is 2.61 bits per heavy atom. The first-order valence-electron chi connectivity index (χ1n) is 7.68. The van der Waals surface area contributed by atoms with Crippen molar-refractivity contribution in [2.75, 3.05) is 18.6 Å². The molecule has 1 aliphatic carbocycles. The lowest BCUT2D eigenvalue weighted by Gasteiger charge is -2.32. The second-order valence-corrected chi connectivity index (χ2v) is 7.42. The van der Waals surface area contributed by atoms with Gasteiger partial charge in [-0.15, -0.1) is 0 Å². The molecule has 0 saturated heterocycles. The van der Waals surface area contributed by atoms with Crippen LogP contribution in [0.1, 0.15) is 26.8 Å². The van der Waals surface area contributed by atoms with E-state index in [0.717, 1.165) is 0 Å². The van der Waals surface area contributed by atoms with Crippen LogP contribution in [0.3, 0.4) is 0 Å². The summed E-state index contributed by atoms with van der Waals surface area (Å²) in [4.78, 5) is 13.1. The first-order valence-corrected chi connectivity index (χ1v) is 8.90. The van der Waals surface area contributed by atoms with Gasteiger partial charge in [0.1, 0.15) is 5.52 Å². The molecule has 0 radical (unpaired) electrons. The van der Waals surface area contributed by atoms with Gasteiger partial charge in [-0.25, -0.2) is 15.0 Å². The van der Waals surface area contributed by atoms with Crippen LogP contribution in [0.4, 0.5) is 5.82 Å². The maximum Gasteiger partial charge on any atom is 0.191 e. The van der Waals surface area contributed by atoms with Crippen LogP contribution in [-0.2, 0) is 0 Å². The fourth-order valence-corrected chi connectivity index (χ4v) is 4.07. The van der Waals surface area contributed by atoms with Gasteiger partial charge in [0.25, 0.3) is 0 Å². The van der Waals surface area contributed by atoms with Gasteiger partial charge in [-0.05, 0) is 18.1 Å². The maximum absolute atomic E-state index is 10.8. The molecule has 1 fully saturated rings. The lowest BCUT2D eigenvalue weighted by Crippen LogP contribution is -2.32. The molecule has 3 rings (SSSR count). The van der Waals surface area contributed by atoms with E-state index in [1.165, 1.54) is 11.8 Å². The third kappa shape index (κ3) is 2.23. The van der Waals surface area contributed by atoms with E-state index >= 15 is 0 Å². The molecule has 0 bridgehead atoms. The quantitative estimate of drug-likeness (QED) is 0.572. The smallest absolute Gasteiger partial charge is 0.191 e. The largest absolute Gasteiger partial charge is 0.396 e. The Labute approximate surface area is 139 Å². The number of imidazole rings is 1. The fraction of sp³-hybridized carbons (Fsp3) is 0.667. The van der Waals surface area contributed by atoms with Crippen molar-refractivity contribution < 1.29 is 10.2 Å². The van der Waals surface area contributed by atoms with Gasteiger partial charge in [0.2, 0.25) is 0 Å². The van der Waals surface area contributed by atoms with Gasteiger partial charge in [-0.3, -0.25) is 0 Å². The summed E-state index contributed by atoms with van der Waals surface area (Å²) in [5.41, 5.74) is 6.80. The lowest BCUT2D eigenvalue weighted by atomic mass is 9.75. The number of aliphatic hydroxyl groups is 2. The molecule has 1 saturated carbocycles. The van der Waals surface area contributed by atoms with Crippen LogP contribution in [-0.4, -0.2) is 48.7 Å². The van der Waals surface area contributed by atoms with Crippen LogP contribution in [0, 0.1) is 17.3 Å². The maximum atomic E-state index is 10.8. The van der Waals surface area contributed by atoms with Gasteiger partial charge in [0.05, 0.1) is 18.5 Å². The Bertz CT molecular complexity index is 736. The second-order valence-electron chi connectivity index (χ2n) is 6.64. The van der Waals surface area contributed by atoms with Gasteiger partial charge < -0.3 is 20.5 Å². The highest BCUT2D eigenvalue weighted by Gasteiger charge is 2.54. The SMILES string of the molecule is CSc1nc(N)c2ncn([C@H]3[C@H](O)[C@H](C)[C@@](C)(CO)[C@@H]3C)c2n1. The van der Waals surface area contributed by atoms with Crippen LogP contribution in [0.5, 0.6) is 0 Å².